The normalized spacial score (nSPS) is 10.8. The molecule has 1 rings (SSSR count). The third-order valence-electron chi connectivity index (χ3n) is 1.05. The highest BCUT2D eigenvalue weighted by Crippen LogP contribution is 2.28. The van der Waals surface area contributed by atoms with Gasteiger partial charge in [-0.05, 0) is 34.1 Å². The lowest BCUT2D eigenvalue weighted by Crippen LogP contribution is -2.21. The molecule has 6 nitrogen and oxygen atoms in total. The molecule has 0 aliphatic carbocycles. The second-order valence-corrected chi connectivity index (χ2v) is 7.72. The van der Waals surface area contributed by atoms with Gasteiger partial charge in [-0.3, -0.25) is 0 Å². The molecule has 0 atom stereocenters. The van der Waals surface area contributed by atoms with E-state index >= 15 is 0 Å². The highest BCUT2D eigenvalue weighted by atomic mass is 127. The second-order valence-electron chi connectivity index (χ2n) is 2.36. The molecule has 1 aromatic carbocycles. The zero-order valence-electron chi connectivity index (χ0n) is 7.56. The van der Waals surface area contributed by atoms with Gasteiger partial charge in [0.05, 0.1) is 3.57 Å². The lowest BCUT2D eigenvalue weighted by molar-refractivity contribution is 0.599. The maximum atomic E-state index is 10.6. The summed E-state index contributed by atoms with van der Waals surface area (Å²) in [6.45, 7) is 0. The summed E-state index contributed by atoms with van der Waals surface area (Å²) >= 11 is 3.07. The van der Waals surface area contributed by atoms with E-state index in [1.54, 1.807) is 18.2 Å². The number of nitrogens with two attached hydrogens (primary N) is 2. The zero-order chi connectivity index (χ0) is 12.9. The van der Waals surface area contributed by atoms with Gasteiger partial charge in [0.15, 0.2) is 0 Å². The Balaban J connectivity index is 0.000000385. The van der Waals surface area contributed by atoms with Crippen LogP contribution in [0.15, 0.2) is 27.1 Å². The van der Waals surface area contributed by atoms with Crippen LogP contribution in [0.4, 0.5) is 0 Å². The first-order valence-electron chi connectivity index (χ1n) is 3.42. The molecule has 0 unspecified atom stereocenters. The highest BCUT2D eigenvalue weighted by Gasteiger charge is 2.03. The minimum Gasteiger partial charge on any atom is -0.230 e. The topological polar surface area (TPSA) is 120 Å². The van der Waals surface area contributed by atoms with E-state index in [0.717, 1.165) is 4.47 Å². The molecule has 0 spiro atoms. The van der Waals surface area contributed by atoms with Crippen LogP contribution in [-0.4, -0.2) is 8.42 Å². The molecule has 4 N–H and O–H groups in total. The average molecular weight is 490 g/mol. The molecule has 92 valence electrons. The van der Waals surface area contributed by atoms with Gasteiger partial charge in [0.25, 0.3) is 10.2 Å². The quantitative estimate of drug-likeness (QED) is 0.461. The molecule has 16 heavy (non-hydrogen) atoms. The van der Waals surface area contributed by atoms with E-state index in [-0.39, 0.29) is 0 Å². The van der Waals surface area contributed by atoms with Crippen molar-refractivity contribution >= 4 is 61.9 Å². The van der Waals surface area contributed by atoms with Gasteiger partial charge in [0.1, 0.15) is 0 Å². The summed E-state index contributed by atoms with van der Waals surface area (Å²) in [6, 6.07) is 5.01. The molecular weight excluding hydrogens is 483 g/mol. The first kappa shape index (κ1) is 16.4. The molecule has 0 fully saturated rings. The fourth-order valence-corrected chi connectivity index (χ4v) is 3.51. The number of hydrogen-bond donors (Lipinski definition) is 2. The summed E-state index contributed by atoms with van der Waals surface area (Å²) in [4.78, 5) is 0. The van der Waals surface area contributed by atoms with E-state index < -0.39 is 30.0 Å². The summed E-state index contributed by atoms with van der Waals surface area (Å²) < 4.78 is 41.5. The summed E-state index contributed by atoms with van der Waals surface area (Å²) in [5.74, 6) is 0. The fraction of sp³-hybridized carbons (Fsp3) is 0. The van der Waals surface area contributed by atoms with Crippen molar-refractivity contribution in [3.8, 4) is 0 Å². The van der Waals surface area contributed by atoms with Gasteiger partial charge in [-0.15, -0.1) is 0 Å². The molecule has 0 aliphatic heterocycles. The zero-order valence-corrected chi connectivity index (χ0v) is 13.7. The number of rotatable bonds is 1. The van der Waals surface area contributed by atoms with Crippen LogP contribution in [0.5, 0.6) is 0 Å². The van der Waals surface area contributed by atoms with E-state index in [4.69, 9.17) is 0 Å². The molecule has 0 amide bonds. The summed E-state index contributed by atoms with van der Waals surface area (Å²) in [5, 5.41) is 8.21. The van der Waals surface area contributed by atoms with Crippen LogP contribution in [0, 0.1) is 3.57 Å². The molecule has 0 saturated heterocycles. The Morgan fingerprint density at radius 1 is 1.12 bits per heavy atom. The molecule has 1 aromatic rings. The van der Waals surface area contributed by atoms with Crippen molar-refractivity contribution < 1.29 is 14.6 Å². The average Bonchev–Trinajstić information content (AvgIpc) is 1.99. The molecular formula is C6H7Br2IN2O4S. The van der Waals surface area contributed by atoms with E-state index in [0.29, 0.717) is 8.04 Å². The Hall–Kier alpha value is 0.380. The Labute approximate surface area is 116 Å². The van der Waals surface area contributed by atoms with Crippen LogP contribution >= 0.6 is 51.7 Å². The molecule has 0 bridgehead atoms. The largest absolute Gasteiger partial charge is 0.341 e. The maximum Gasteiger partial charge on any atom is 0.341 e. The van der Waals surface area contributed by atoms with Crippen LogP contribution in [0.25, 0.3) is 0 Å². The van der Waals surface area contributed by atoms with Crippen LogP contribution in [0.3, 0.4) is 0 Å². The van der Waals surface area contributed by atoms with E-state index in [1.165, 1.54) is 0 Å². The van der Waals surface area contributed by atoms with Gasteiger partial charge in [0.2, 0.25) is 0 Å². The first-order chi connectivity index (χ1) is 7.11. The SMILES string of the molecule is NS(N)(=O)=O.O=I(=O)c1ccc(Br)cc1Br. The van der Waals surface area contributed by atoms with Crippen molar-refractivity contribution in [1.29, 1.82) is 0 Å². The van der Waals surface area contributed by atoms with Crippen LogP contribution in [0.2, 0.25) is 0 Å². The Morgan fingerprint density at radius 2 is 1.56 bits per heavy atom. The second kappa shape index (κ2) is 6.96. The smallest absolute Gasteiger partial charge is 0.230 e. The maximum absolute atomic E-state index is 10.6. The Kier molecular flexibility index (Phi) is 7.12. The van der Waals surface area contributed by atoms with Gasteiger partial charge in [-0.25, -0.2) is 16.4 Å². The predicted octanol–water partition coefficient (Wildman–Crippen LogP) is 1.73. The highest BCUT2D eigenvalue weighted by molar-refractivity contribution is 14.2. The van der Waals surface area contributed by atoms with E-state index in [1.807, 2.05) is 0 Å². The van der Waals surface area contributed by atoms with Gasteiger partial charge >= 0.3 is 19.8 Å². The fourth-order valence-electron chi connectivity index (χ4n) is 0.596. The van der Waals surface area contributed by atoms with Crippen LogP contribution in [0.1, 0.15) is 0 Å². The molecule has 0 aromatic heterocycles. The van der Waals surface area contributed by atoms with Crippen molar-refractivity contribution in [3.05, 3.63) is 30.7 Å². The van der Waals surface area contributed by atoms with Gasteiger partial charge in [-0.2, -0.15) is 8.42 Å². The third-order valence-corrected chi connectivity index (χ3v) is 4.83. The van der Waals surface area contributed by atoms with E-state index in [9.17, 15) is 14.6 Å². The van der Waals surface area contributed by atoms with Gasteiger partial charge in [0, 0.05) is 8.95 Å². The lowest BCUT2D eigenvalue weighted by Gasteiger charge is -1.93. The van der Waals surface area contributed by atoms with E-state index in [2.05, 4.69) is 42.1 Å². The monoisotopic (exact) mass is 488 g/mol. The lowest BCUT2D eigenvalue weighted by atomic mass is 10.4. The summed E-state index contributed by atoms with van der Waals surface area (Å²) in [6.07, 6.45) is 0. The van der Waals surface area contributed by atoms with Gasteiger partial charge in [-0.1, -0.05) is 15.9 Å². The number of hydrogen-bond acceptors (Lipinski definition) is 4. The standard InChI is InChI=1S/C6H3Br2IO2.H4N2O2S/c7-4-1-2-6(9(10)11)5(8)3-4;1-5(2,3)4/h1-3H;(H4,1,2,3,4). The Morgan fingerprint density at radius 3 is 1.88 bits per heavy atom. The van der Waals surface area contributed by atoms with Crippen molar-refractivity contribution in [1.82, 2.24) is 0 Å². The molecule has 0 radical (unpaired) electrons. The Bertz CT molecular complexity index is 527. The third kappa shape index (κ3) is 8.52. The van der Waals surface area contributed by atoms with Crippen molar-refractivity contribution in [2.45, 2.75) is 0 Å². The number of benzene rings is 1. The molecule has 10 heteroatoms. The minimum absolute atomic E-state index is 0.400. The number of halogens is 3. The van der Waals surface area contributed by atoms with Crippen LogP contribution in [-0.2, 0) is 16.3 Å². The minimum atomic E-state index is -3.67. The van der Waals surface area contributed by atoms with Crippen molar-refractivity contribution in [3.63, 3.8) is 0 Å². The molecule has 0 saturated carbocycles. The first-order valence-corrected chi connectivity index (χ1v) is 9.45. The predicted molar refractivity (Wildman–Crippen MR) is 73.2 cm³/mol. The summed E-state index contributed by atoms with van der Waals surface area (Å²) in [5.41, 5.74) is 0. The van der Waals surface area contributed by atoms with Crippen LogP contribution < -0.4 is 10.3 Å². The molecule has 0 aliphatic rings. The summed E-state index contributed by atoms with van der Waals surface area (Å²) in [7, 11) is -3.67. The van der Waals surface area contributed by atoms with Gasteiger partial charge < -0.3 is 0 Å². The molecule has 0 heterocycles. The van der Waals surface area contributed by atoms with Crippen molar-refractivity contribution in [2.24, 2.45) is 10.3 Å². The van der Waals surface area contributed by atoms with Crippen molar-refractivity contribution in [2.75, 3.05) is 0 Å².